The van der Waals surface area contributed by atoms with Crippen LogP contribution in [0.25, 0.3) is 0 Å². The molecule has 1 atom stereocenters. The van der Waals surface area contributed by atoms with Crippen LogP contribution in [0.5, 0.6) is 0 Å². The number of nitrogens with zero attached hydrogens (tertiary/aromatic N) is 1. The van der Waals surface area contributed by atoms with E-state index in [0.29, 0.717) is 6.54 Å². The van der Waals surface area contributed by atoms with E-state index in [4.69, 9.17) is 4.74 Å². The maximum atomic E-state index is 12.1. The van der Waals surface area contributed by atoms with Gasteiger partial charge in [-0.2, -0.15) is 0 Å². The SMILES string of the molecule is CCCCCCCCCN(C)C(=O)NCC(=O)N[C@@H](C)C(=O)OCc1ccccc1. The van der Waals surface area contributed by atoms with E-state index >= 15 is 0 Å². The van der Waals surface area contributed by atoms with Crippen molar-refractivity contribution in [2.45, 2.75) is 71.4 Å². The molecule has 0 spiro atoms. The molecule has 0 bridgehead atoms. The van der Waals surface area contributed by atoms with E-state index < -0.39 is 17.9 Å². The average Bonchev–Trinajstić information content (AvgIpc) is 2.75. The second kappa shape index (κ2) is 15.3. The van der Waals surface area contributed by atoms with Gasteiger partial charge in [-0.3, -0.25) is 4.79 Å². The van der Waals surface area contributed by atoms with Gasteiger partial charge in [-0.15, -0.1) is 0 Å². The van der Waals surface area contributed by atoms with Gasteiger partial charge in [-0.25, -0.2) is 9.59 Å². The highest BCUT2D eigenvalue weighted by Crippen LogP contribution is 2.07. The molecule has 1 rings (SSSR count). The van der Waals surface area contributed by atoms with E-state index in [-0.39, 0.29) is 19.2 Å². The minimum atomic E-state index is -0.788. The van der Waals surface area contributed by atoms with E-state index in [1.807, 2.05) is 30.3 Å². The molecule has 0 aromatic heterocycles. The summed E-state index contributed by atoms with van der Waals surface area (Å²) >= 11 is 0. The largest absolute Gasteiger partial charge is 0.459 e. The topological polar surface area (TPSA) is 87.7 Å². The summed E-state index contributed by atoms with van der Waals surface area (Å²) in [6.45, 7) is 4.38. The molecule has 0 heterocycles. The highest BCUT2D eigenvalue weighted by molar-refractivity contribution is 5.87. The van der Waals surface area contributed by atoms with Crippen LogP contribution in [0.3, 0.4) is 0 Å². The van der Waals surface area contributed by atoms with Crippen molar-refractivity contribution in [2.75, 3.05) is 20.1 Å². The summed E-state index contributed by atoms with van der Waals surface area (Å²) in [5.41, 5.74) is 0.876. The lowest BCUT2D eigenvalue weighted by molar-refractivity contribution is -0.148. The third-order valence-corrected chi connectivity index (χ3v) is 4.80. The number of esters is 1. The van der Waals surface area contributed by atoms with Crippen molar-refractivity contribution in [2.24, 2.45) is 0 Å². The summed E-state index contributed by atoms with van der Waals surface area (Å²) in [4.78, 5) is 37.6. The zero-order chi connectivity index (χ0) is 22.2. The maximum Gasteiger partial charge on any atom is 0.328 e. The van der Waals surface area contributed by atoms with Crippen molar-refractivity contribution in [3.8, 4) is 0 Å². The Balaban J connectivity index is 2.16. The van der Waals surface area contributed by atoms with Crippen molar-refractivity contribution in [3.05, 3.63) is 35.9 Å². The molecule has 1 aromatic carbocycles. The molecular weight excluding hydrogens is 382 g/mol. The average molecular weight is 420 g/mol. The summed E-state index contributed by atoms with van der Waals surface area (Å²) in [6.07, 6.45) is 8.29. The van der Waals surface area contributed by atoms with Crippen LogP contribution in [0.15, 0.2) is 30.3 Å². The molecule has 0 radical (unpaired) electrons. The number of carbonyl (C=O) groups is 3. The molecular formula is C23H37N3O4. The minimum absolute atomic E-state index is 0.153. The zero-order valence-electron chi connectivity index (χ0n) is 18.6. The molecule has 0 aliphatic carbocycles. The fraction of sp³-hybridized carbons (Fsp3) is 0.609. The molecule has 0 fully saturated rings. The molecule has 30 heavy (non-hydrogen) atoms. The number of benzene rings is 1. The third kappa shape index (κ3) is 11.4. The Kier molecular flexibility index (Phi) is 13.0. The van der Waals surface area contributed by atoms with Gasteiger partial charge in [0.1, 0.15) is 12.6 Å². The second-order valence-electron chi connectivity index (χ2n) is 7.58. The molecule has 1 aromatic rings. The van der Waals surface area contributed by atoms with Crippen molar-refractivity contribution < 1.29 is 19.1 Å². The van der Waals surface area contributed by atoms with Crippen LogP contribution in [-0.2, 0) is 20.9 Å². The Morgan fingerprint density at radius 2 is 1.63 bits per heavy atom. The molecule has 0 saturated heterocycles. The van der Waals surface area contributed by atoms with E-state index in [1.165, 1.54) is 32.1 Å². The first-order chi connectivity index (χ1) is 14.4. The number of ether oxygens (including phenoxy) is 1. The summed E-state index contributed by atoms with van der Waals surface area (Å²) in [7, 11) is 1.72. The molecule has 7 heteroatoms. The number of unbranched alkanes of at least 4 members (excludes halogenated alkanes) is 6. The number of nitrogens with one attached hydrogen (secondary N) is 2. The Morgan fingerprint density at radius 1 is 1.00 bits per heavy atom. The summed E-state index contributed by atoms with van der Waals surface area (Å²) < 4.78 is 5.19. The highest BCUT2D eigenvalue weighted by Gasteiger charge is 2.18. The molecule has 0 unspecified atom stereocenters. The van der Waals surface area contributed by atoms with E-state index in [2.05, 4.69) is 17.6 Å². The zero-order valence-corrected chi connectivity index (χ0v) is 18.6. The minimum Gasteiger partial charge on any atom is -0.459 e. The van der Waals surface area contributed by atoms with E-state index in [0.717, 1.165) is 18.4 Å². The molecule has 0 aliphatic heterocycles. The first-order valence-corrected chi connectivity index (χ1v) is 10.9. The van der Waals surface area contributed by atoms with Crippen LogP contribution in [0, 0.1) is 0 Å². The van der Waals surface area contributed by atoms with Crippen LogP contribution in [0.2, 0.25) is 0 Å². The predicted molar refractivity (Wildman–Crippen MR) is 118 cm³/mol. The maximum absolute atomic E-state index is 12.1. The quantitative estimate of drug-likeness (QED) is 0.356. The lowest BCUT2D eigenvalue weighted by Gasteiger charge is -2.18. The van der Waals surface area contributed by atoms with Gasteiger partial charge in [0.2, 0.25) is 5.91 Å². The van der Waals surface area contributed by atoms with E-state index in [1.54, 1.807) is 18.9 Å². The monoisotopic (exact) mass is 419 g/mol. The number of urea groups is 1. The standard InChI is InChI=1S/C23H37N3O4/c1-4-5-6-7-8-9-13-16-26(3)23(29)24-17-21(27)25-19(2)22(28)30-18-20-14-11-10-12-15-20/h10-12,14-15,19H,4-9,13,16-18H2,1-3H3,(H,24,29)(H,25,27)/t19-/m0/s1. The molecule has 0 saturated carbocycles. The number of hydrogen-bond acceptors (Lipinski definition) is 4. The molecule has 2 N–H and O–H groups in total. The first-order valence-electron chi connectivity index (χ1n) is 10.9. The van der Waals surface area contributed by atoms with Gasteiger partial charge < -0.3 is 20.3 Å². The van der Waals surface area contributed by atoms with Crippen molar-refractivity contribution >= 4 is 17.9 Å². The number of carbonyl (C=O) groups excluding carboxylic acids is 3. The number of hydrogen-bond donors (Lipinski definition) is 2. The van der Waals surface area contributed by atoms with Crippen LogP contribution < -0.4 is 10.6 Å². The summed E-state index contributed by atoms with van der Waals surface area (Å²) in [6, 6.07) is 8.24. The molecule has 168 valence electrons. The van der Waals surface area contributed by atoms with Gasteiger partial charge in [0.25, 0.3) is 0 Å². The van der Waals surface area contributed by atoms with Gasteiger partial charge in [0.15, 0.2) is 0 Å². The Labute approximate surface area is 180 Å². The predicted octanol–water partition coefficient (Wildman–Crippen LogP) is 3.63. The van der Waals surface area contributed by atoms with Gasteiger partial charge in [-0.1, -0.05) is 75.8 Å². The molecule has 3 amide bonds. The van der Waals surface area contributed by atoms with Crippen LogP contribution in [-0.4, -0.2) is 49.0 Å². The summed E-state index contributed by atoms with van der Waals surface area (Å²) in [5, 5.41) is 5.12. The van der Waals surface area contributed by atoms with Crippen molar-refractivity contribution in [3.63, 3.8) is 0 Å². The summed E-state index contributed by atoms with van der Waals surface area (Å²) in [5.74, 6) is -0.952. The Bertz CT molecular complexity index is 637. The normalized spacial score (nSPS) is 11.4. The second-order valence-corrected chi connectivity index (χ2v) is 7.58. The lowest BCUT2D eigenvalue weighted by atomic mass is 10.1. The van der Waals surface area contributed by atoms with Crippen molar-refractivity contribution in [1.82, 2.24) is 15.5 Å². The molecule has 0 aliphatic rings. The van der Waals surface area contributed by atoms with Gasteiger partial charge >= 0.3 is 12.0 Å². The van der Waals surface area contributed by atoms with Crippen LogP contribution in [0.4, 0.5) is 4.79 Å². The third-order valence-electron chi connectivity index (χ3n) is 4.80. The van der Waals surface area contributed by atoms with Crippen LogP contribution >= 0.6 is 0 Å². The van der Waals surface area contributed by atoms with E-state index in [9.17, 15) is 14.4 Å². The van der Waals surface area contributed by atoms with Crippen molar-refractivity contribution in [1.29, 1.82) is 0 Å². The first kappa shape index (κ1) is 25.5. The van der Waals surface area contributed by atoms with Gasteiger partial charge in [-0.05, 0) is 18.9 Å². The Morgan fingerprint density at radius 3 is 2.30 bits per heavy atom. The van der Waals surface area contributed by atoms with Crippen LogP contribution in [0.1, 0.15) is 64.4 Å². The van der Waals surface area contributed by atoms with Gasteiger partial charge in [0.05, 0.1) is 6.54 Å². The smallest absolute Gasteiger partial charge is 0.328 e. The van der Waals surface area contributed by atoms with Gasteiger partial charge in [0, 0.05) is 13.6 Å². The fourth-order valence-electron chi connectivity index (χ4n) is 2.90. The highest BCUT2D eigenvalue weighted by atomic mass is 16.5. The fourth-order valence-corrected chi connectivity index (χ4v) is 2.90. The number of rotatable bonds is 14. The Hall–Kier alpha value is -2.57. The number of amides is 3. The lowest BCUT2D eigenvalue weighted by Crippen LogP contribution is -2.47. The molecule has 7 nitrogen and oxygen atoms in total.